The van der Waals surface area contributed by atoms with Crippen LogP contribution >= 0.6 is 0 Å². The van der Waals surface area contributed by atoms with Gasteiger partial charge in [-0.15, -0.1) is 0 Å². The van der Waals surface area contributed by atoms with E-state index >= 15 is 0 Å². The van der Waals surface area contributed by atoms with Gasteiger partial charge in [-0.3, -0.25) is 4.68 Å². The second-order valence-electron chi connectivity index (χ2n) is 7.75. The summed E-state index contributed by atoms with van der Waals surface area (Å²) in [7, 11) is -3.09. The van der Waals surface area contributed by atoms with Crippen LogP contribution in [0.15, 0.2) is 12.4 Å². The van der Waals surface area contributed by atoms with E-state index in [1.54, 1.807) is 4.31 Å². The topological polar surface area (TPSA) is 87.5 Å². The second-order valence-corrected chi connectivity index (χ2v) is 9.97. The molecule has 1 aliphatic carbocycles. The highest BCUT2D eigenvalue weighted by Gasteiger charge is 2.41. The number of aromatic nitrogens is 2. The monoisotopic (exact) mass is 381 g/mol. The number of likely N-dealkylation sites (tertiary alicyclic amines) is 1. The van der Waals surface area contributed by atoms with Crippen molar-refractivity contribution in [1.29, 1.82) is 0 Å². The highest BCUT2D eigenvalue weighted by atomic mass is 32.2. The zero-order chi connectivity index (χ0) is 18.3. The number of nitrogens with zero attached hydrogens (tertiary/aromatic N) is 4. The lowest BCUT2D eigenvalue weighted by Crippen LogP contribution is -2.50. The Morgan fingerprint density at radius 1 is 1.15 bits per heavy atom. The molecule has 2 aliphatic heterocycles. The van der Waals surface area contributed by atoms with Gasteiger partial charge in [-0.25, -0.2) is 17.5 Å². The SMILES string of the molecule is Cc1cnn(C2CCN(C(=O)NC3CCN(S(=O)(=O)C4CC4)CC3)C2)c1. The molecule has 1 N–H and O–H groups in total. The maximum Gasteiger partial charge on any atom is 0.317 e. The second kappa shape index (κ2) is 6.84. The van der Waals surface area contributed by atoms with E-state index in [2.05, 4.69) is 10.4 Å². The van der Waals surface area contributed by atoms with Crippen LogP contribution in [0.1, 0.15) is 43.7 Å². The Labute approximate surface area is 154 Å². The lowest BCUT2D eigenvalue weighted by Gasteiger charge is -2.32. The van der Waals surface area contributed by atoms with Crippen molar-refractivity contribution in [2.24, 2.45) is 0 Å². The van der Waals surface area contributed by atoms with Crippen LogP contribution in [0.4, 0.5) is 4.79 Å². The molecule has 3 heterocycles. The predicted molar refractivity (Wildman–Crippen MR) is 97.3 cm³/mol. The molecule has 26 heavy (non-hydrogen) atoms. The molecule has 0 bridgehead atoms. The van der Waals surface area contributed by atoms with E-state index in [0.29, 0.717) is 32.5 Å². The number of piperidine rings is 1. The van der Waals surface area contributed by atoms with Gasteiger partial charge in [0.15, 0.2) is 0 Å². The molecule has 1 unspecified atom stereocenters. The lowest BCUT2D eigenvalue weighted by molar-refractivity contribution is 0.195. The molecule has 1 saturated carbocycles. The summed E-state index contributed by atoms with van der Waals surface area (Å²) in [6.07, 6.45) is 7.73. The minimum atomic E-state index is -3.09. The van der Waals surface area contributed by atoms with Crippen LogP contribution < -0.4 is 5.32 Å². The third kappa shape index (κ3) is 3.59. The summed E-state index contributed by atoms with van der Waals surface area (Å²) < 4.78 is 28.1. The lowest BCUT2D eigenvalue weighted by atomic mass is 10.1. The summed E-state index contributed by atoms with van der Waals surface area (Å²) in [4.78, 5) is 14.4. The Morgan fingerprint density at radius 3 is 2.50 bits per heavy atom. The van der Waals surface area contributed by atoms with Gasteiger partial charge in [-0.2, -0.15) is 5.10 Å². The molecule has 3 fully saturated rings. The molecular weight excluding hydrogens is 354 g/mol. The van der Waals surface area contributed by atoms with Crippen molar-refractivity contribution in [3.63, 3.8) is 0 Å². The first-order chi connectivity index (χ1) is 12.4. The van der Waals surface area contributed by atoms with Crippen molar-refractivity contribution in [2.45, 2.75) is 56.4 Å². The van der Waals surface area contributed by atoms with Crippen LogP contribution in [0.5, 0.6) is 0 Å². The molecule has 1 atom stereocenters. The van der Waals surface area contributed by atoms with E-state index < -0.39 is 10.0 Å². The average molecular weight is 382 g/mol. The van der Waals surface area contributed by atoms with Gasteiger partial charge in [0.1, 0.15) is 0 Å². The Morgan fingerprint density at radius 2 is 1.88 bits per heavy atom. The molecule has 4 rings (SSSR count). The summed E-state index contributed by atoms with van der Waals surface area (Å²) in [5, 5.41) is 7.29. The van der Waals surface area contributed by atoms with Crippen LogP contribution in [0, 0.1) is 6.92 Å². The highest BCUT2D eigenvalue weighted by molar-refractivity contribution is 7.90. The number of amides is 2. The number of carbonyl (C=O) groups excluding carboxylic acids is 1. The molecule has 8 nitrogen and oxygen atoms in total. The van der Waals surface area contributed by atoms with Crippen LogP contribution in [0.25, 0.3) is 0 Å². The van der Waals surface area contributed by atoms with Gasteiger partial charge in [0.25, 0.3) is 0 Å². The van der Waals surface area contributed by atoms with Crippen LogP contribution in [-0.4, -0.2) is 70.9 Å². The summed E-state index contributed by atoms with van der Waals surface area (Å²) >= 11 is 0. The van der Waals surface area contributed by atoms with E-state index in [1.807, 2.05) is 28.9 Å². The van der Waals surface area contributed by atoms with E-state index in [0.717, 1.165) is 31.4 Å². The molecule has 0 aromatic carbocycles. The fraction of sp³-hybridized carbons (Fsp3) is 0.765. The van der Waals surface area contributed by atoms with Crippen molar-refractivity contribution in [1.82, 2.24) is 24.3 Å². The van der Waals surface area contributed by atoms with Crippen molar-refractivity contribution in [3.05, 3.63) is 18.0 Å². The van der Waals surface area contributed by atoms with Gasteiger partial charge in [-0.05, 0) is 44.6 Å². The van der Waals surface area contributed by atoms with Gasteiger partial charge in [0.2, 0.25) is 10.0 Å². The number of nitrogens with one attached hydrogen (secondary N) is 1. The number of carbonyl (C=O) groups is 1. The summed E-state index contributed by atoms with van der Waals surface area (Å²) in [5.41, 5.74) is 1.13. The molecule has 144 valence electrons. The van der Waals surface area contributed by atoms with E-state index in [9.17, 15) is 13.2 Å². The van der Waals surface area contributed by atoms with Crippen molar-refractivity contribution >= 4 is 16.1 Å². The largest absolute Gasteiger partial charge is 0.335 e. The maximum atomic E-state index is 12.5. The Bertz CT molecular complexity index is 765. The normalized spacial score (nSPS) is 25.6. The summed E-state index contributed by atoms with van der Waals surface area (Å²) in [6, 6.07) is 0.249. The van der Waals surface area contributed by atoms with Crippen LogP contribution in [0.3, 0.4) is 0 Å². The third-order valence-electron chi connectivity index (χ3n) is 5.64. The molecule has 3 aliphatic rings. The fourth-order valence-electron chi connectivity index (χ4n) is 3.87. The Kier molecular flexibility index (Phi) is 4.68. The zero-order valence-electron chi connectivity index (χ0n) is 15.2. The molecule has 0 spiro atoms. The first kappa shape index (κ1) is 17.8. The maximum absolute atomic E-state index is 12.5. The quantitative estimate of drug-likeness (QED) is 0.846. The van der Waals surface area contributed by atoms with Crippen LogP contribution in [-0.2, 0) is 10.0 Å². The number of rotatable bonds is 4. The summed E-state index contributed by atoms with van der Waals surface area (Å²) in [6.45, 7) is 4.43. The number of hydrogen-bond donors (Lipinski definition) is 1. The van der Waals surface area contributed by atoms with Gasteiger partial charge >= 0.3 is 6.03 Å². The number of aryl methyl sites for hydroxylation is 1. The van der Waals surface area contributed by atoms with Crippen molar-refractivity contribution in [2.75, 3.05) is 26.2 Å². The van der Waals surface area contributed by atoms with Crippen molar-refractivity contribution < 1.29 is 13.2 Å². The first-order valence-electron chi connectivity index (χ1n) is 9.48. The average Bonchev–Trinajstić information content (AvgIpc) is 3.22. The molecule has 1 aromatic heterocycles. The van der Waals surface area contributed by atoms with E-state index in [-0.39, 0.29) is 23.4 Å². The minimum Gasteiger partial charge on any atom is -0.335 e. The third-order valence-corrected chi connectivity index (χ3v) is 8.04. The number of sulfonamides is 1. The van der Waals surface area contributed by atoms with Gasteiger partial charge < -0.3 is 10.2 Å². The first-order valence-corrected chi connectivity index (χ1v) is 11.0. The highest BCUT2D eigenvalue weighted by Crippen LogP contribution is 2.32. The molecule has 2 saturated heterocycles. The smallest absolute Gasteiger partial charge is 0.317 e. The Balaban J connectivity index is 1.26. The predicted octanol–water partition coefficient (Wildman–Crippen LogP) is 1.10. The minimum absolute atomic E-state index is 0.0418. The Hall–Kier alpha value is -1.61. The van der Waals surface area contributed by atoms with Crippen LogP contribution in [0.2, 0.25) is 0 Å². The van der Waals surface area contributed by atoms with Gasteiger partial charge in [-0.1, -0.05) is 0 Å². The standard InChI is InChI=1S/C17H27N5O3S/c1-13-10-18-22(11-13)15-6-7-20(12-15)17(23)19-14-4-8-21(9-5-14)26(24,25)16-2-3-16/h10-11,14-16H,2-9,12H2,1H3,(H,19,23). The molecule has 2 amide bonds. The molecule has 1 aromatic rings. The van der Waals surface area contributed by atoms with E-state index in [4.69, 9.17) is 0 Å². The van der Waals surface area contributed by atoms with Gasteiger partial charge in [0.05, 0.1) is 17.5 Å². The van der Waals surface area contributed by atoms with Crippen molar-refractivity contribution in [3.8, 4) is 0 Å². The molecule has 0 radical (unpaired) electrons. The van der Waals surface area contributed by atoms with E-state index in [1.165, 1.54) is 0 Å². The molecular formula is C17H27N5O3S. The van der Waals surface area contributed by atoms with Gasteiger partial charge in [0, 0.05) is 38.4 Å². The fourth-order valence-corrected chi connectivity index (χ4v) is 5.75. The molecule has 9 heteroatoms. The summed E-state index contributed by atoms with van der Waals surface area (Å²) in [5.74, 6) is 0. The zero-order valence-corrected chi connectivity index (χ0v) is 16.0. The number of urea groups is 1. The number of hydrogen-bond acceptors (Lipinski definition) is 4.